The summed E-state index contributed by atoms with van der Waals surface area (Å²) in [6, 6.07) is 0. The summed E-state index contributed by atoms with van der Waals surface area (Å²) < 4.78 is 0. The monoisotopic (exact) mass is 184 g/mol. The van der Waals surface area contributed by atoms with Gasteiger partial charge < -0.3 is 5.11 Å². The average molecular weight is 184 g/mol. The summed E-state index contributed by atoms with van der Waals surface area (Å²) in [6.07, 6.45) is 2.44. The Kier molecular flexibility index (Phi) is 2.44. The quantitative estimate of drug-likeness (QED) is 0.716. The molecule has 0 aromatic rings. The Balaban J connectivity index is 2.65. The molecule has 0 amide bonds. The molecule has 0 aliphatic heterocycles. The van der Waals surface area contributed by atoms with Crippen molar-refractivity contribution in [1.82, 2.24) is 0 Å². The van der Waals surface area contributed by atoms with Crippen molar-refractivity contribution in [2.75, 3.05) is 0 Å². The molecule has 1 aliphatic rings. The molecular formula is C11H20O2. The first-order valence-electron chi connectivity index (χ1n) is 4.96. The maximum absolute atomic E-state index is 10.6. The third-order valence-corrected chi connectivity index (χ3v) is 3.89. The van der Waals surface area contributed by atoms with Crippen LogP contribution in [0.15, 0.2) is 0 Å². The van der Waals surface area contributed by atoms with Gasteiger partial charge in [-0.25, -0.2) is 0 Å². The van der Waals surface area contributed by atoms with E-state index in [4.69, 9.17) is 5.11 Å². The Hall–Kier alpha value is -0.530. The Morgan fingerprint density at radius 3 is 1.92 bits per heavy atom. The van der Waals surface area contributed by atoms with Crippen LogP contribution >= 0.6 is 0 Å². The second-order valence-electron chi connectivity index (χ2n) is 5.64. The average Bonchev–Trinajstić information content (AvgIpc) is 1.98. The van der Waals surface area contributed by atoms with E-state index in [0.717, 1.165) is 12.8 Å². The molecule has 0 bridgehead atoms. The predicted octanol–water partition coefficient (Wildman–Crippen LogP) is 2.92. The van der Waals surface area contributed by atoms with Crippen LogP contribution in [0.3, 0.4) is 0 Å². The van der Waals surface area contributed by atoms with Gasteiger partial charge in [0.1, 0.15) is 0 Å². The molecule has 13 heavy (non-hydrogen) atoms. The highest BCUT2D eigenvalue weighted by atomic mass is 16.4. The number of carboxylic acids is 1. The number of hydrogen-bond acceptors (Lipinski definition) is 1. The third kappa shape index (κ3) is 2.04. The van der Waals surface area contributed by atoms with Crippen LogP contribution in [-0.4, -0.2) is 11.1 Å². The first kappa shape index (κ1) is 10.6. The molecule has 0 spiro atoms. The van der Waals surface area contributed by atoms with Crippen molar-refractivity contribution in [3.05, 3.63) is 0 Å². The summed E-state index contributed by atoms with van der Waals surface area (Å²) in [5.74, 6) is -0.277. The van der Waals surface area contributed by atoms with Gasteiger partial charge in [-0.2, -0.15) is 0 Å². The fourth-order valence-corrected chi connectivity index (χ4v) is 2.46. The van der Waals surface area contributed by atoms with Gasteiger partial charge in [0.25, 0.3) is 0 Å². The van der Waals surface area contributed by atoms with E-state index in [1.165, 1.54) is 0 Å². The second-order valence-corrected chi connectivity index (χ2v) is 5.64. The molecule has 1 rings (SSSR count). The van der Waals surface area contributed by atoms with Crippen LogP contribution in [0.4, 0.5) is 0 Å². The normalized spacial score (nSPS) is 26.2. The number of carboxylic acid groups (broad SMARTS) is 1. The molecule has 0 unspecified atom stereocenters. The number of carbonyl (C=O) groups is 1. The van der Waals surface area contributed by atoms with E-state index in [9.17, 15) is 4.79 Å². The zero-order valence-electron chi connectivity index (χ0n) is 9.05. The van der Waals surface area contributed by atoms with E-state index in [2.05, 4.69) is 27.7 Å². The van der Waals surface area contributed by atoms with Gasteiger partial charge in [-0.05, 0) is 29.6 Å². The van der Waals surface area contributed by atoms with Crippen molar-refractivity contribution in [2.45, 2.75) is 47.0 Å². The molecule has 0 aromatic carbocycles. The van der Waals surface area contributed by atoms with E-state index in [1.54, 1.807) is 0 Å². The van der Waals surface area contributed by atoms with E-state index in [0.29, 0.717) is 12.3 Å². The van der Waals surface area contributed by atoms with Crippen LogP contribution in [-0.2, 0) is 4.79 Å². The fraction of sp³-hybridized carbons (Fsp3) is 0.909. The van der Waals surface area contributed by atoms with E-state index in [-0.39, 0.29) is 10.8 Å². The molecule has 2 heteroatoms. The fourth-order valence-electron chi connectivity index (χ4n) is 2.46. The van der Waals surface area contributed by atoms with Gasteiger partial charge in [-0.3, -0.25) is 4.79 Å². The molecule has 1 aliphatic carbocycles. The molecular weight excluding hydrogens is 164 g/mol. The topological polar surface area (TPSA) is 37.3 Å². The summed E-state index contributed by atoms with van der Waals surface area (Å²) >= 11 is 0. The van der Waals surface area contributed by atoms with Crippen LogP contribution in [0.5, 0.6) is 0 Å². The molecule has 0 radical (unpaired) electrons. The van der Waals surface area contributed by atoms with E-state index in [1.807, 2.05) is 0 Å². The Bertz CT molecular complexity index is 200. The molecule has 1 N–H and O–H groups in total. The van der Waals surface area contributed by atoms with E-state index >= 15 is 0 Å². The van der Waals surface area contributed by atoms with Crippen LogP contribution in [0, 0.1) is 16.7 Å². The van der Waals surface area contributed by atoms with Gasteiger partial charge >= 0.3 is 5.97 Å². The highest BCUT2D eigenvalue weighted by Gasteiger charge is 2.46. The highest BCUT2D eigenvalue weighted by molar-refractivity contribution is 5.67. The minimum Gasteiger partial charge on any atom is -0.481 e. The smallest absolute Gasteiger partial charge is 0.303 e. The summed E-state index contributed by atoms with van der Waals surface area (Å²) in [5, 5.41) is 8.71. The zero-order valence-corrected chi connectivity index (χ0v) is 9.05. The molecule has 0 heterocycles. The standard InChI is InChI=1S/C11H20O2/c1-10(2)6-8(5-9(12)13)7-11(10,3)4/h8H,5-7H2,1-4H3,(H,12,13). The molecule has 1 saturated carbocycles. The van der Waals surface area contributed by atoms with Gasteiger partial charge in [-0.1, -0.05) is 27.7 Å². The number of aliphatic carboxylic acids is 1. The summed E-state index contributed by atoms with van der Waals surface area (Å²) in [5.41, 5.74) is 0.570. The van der Waals surface area contributed by atoms with Crippen LogP contribution < -0.4 is 0 Å². The maximum atomic E-state index is 10.6. The van der Waals surface area contributed by atoms with Crippen molar-refractivity contribution in [1.29, 1.82) is 0 Å². The SMILES string of the molecule is CC1(C)CC(CC(=O)O)CC1(C)C. The second kappa shape index (κ2) is 3.00. The van der Waals surface area contributed by atoms with Gasteiger partial charge in [0.05, 0.1) is 0 Å². The van der Waals surface area contributed by atoms with Crippen molar-refractivity contribution in [2.24, 2.45) is 16.7 Å². The van der Waals surface area contributed by atoms with Crippen molar-refractivity contribution in [3.8, 4) is 0 Å². The minimum atomic E-state index is -0.654. The van der Waals surface area contributed by atoms with E-state index < -0.39 is 5.97 Å². The maximum Gasteiger partial charge on any atom is 0.303 e. The van der Waals surface area contributed by atoms with Crippen molar-refractivity contribution >= 4 is 5.97 Å². The Morgan fingerprint density at radius 1 is 1.23 bits per heavy atom. The summed E-state index contributed by atoms with van der Waals surface area (Å²) in [6.45, 7) is 8.98. The van der Waals surface area contributed by atoms with Crippen LogP contribution in [0.25, 0.3) is 0 Å². The van der Waals surface area contributed by atoms with Gasteiger partial charge in [-0.15, -0.1) is 0 Å². The third-order valence-electron chi connectivity index (χ3n) is 3.89. The number of hydrogen-bond donors (Lipinski definition) is 1. The van der Waals surface area contributed by atoms with Crippen LogP contribution in [0.2, 0.25) is 0 Å². The Labute approximate surface area is 80.3 Å². The molecule has 0 atom stereocenters. The zero-order chi connectivity index (χ0) is 10.3. The minimum absolute atomic E-state index is 0.285. The summed E-state index contributed by atoms with van der Waals surface area (Å²) in [4.78, 5) is 10.6. The lowest BCUT2D eigenvalue weighted by Gasteiger charge is -2.34. The molecule has 0 saturated heterocycles. The largest absolute Gasteiger partial charge is 0.481 e. The Morgan fingerprint density at radius 2 is 1.62 bits per heavy atom. The van der Waals surface area contributed by atoms with Gasteiger partial charge in [0.2, 0.25) is 0 Å². The predicted molar refractivity (Wildman–Crippen MR) is 52.5 cm³/mol. The molecule has 2 nitrogen and oxygen atoms in total. The molecule has 0 aromatic heterocycles. The highest BCUT2D eigenvalue weighted by Crippen LogP contribution is 2.55. The first-order chi connectivity index (χ1) is 5.74. The lowest BCUT2D eigenvalue weighted by molar-refractivity contribution is -0.138. The van der Waals surface area contributed by atoms with Crippen molar-refractivity contribution < 1.29 is 9.90 Å². The van der Waals surface area contributed by atoms with Crippen LogP contribution in [0.1, 0.15) is 47.0 Å². The summed E-state index contributed by atoms with van der Waals surface area (Å²) in [7, 11) is 0. The lowest BCUT2D eigenvalue weighted by atomic mass is 9.71. The molecule has 76 valence electrons. The number of rotatable bonds is 2. The van der Waals surface area contributed by atoms with Gasteiger partial charge in [0, 0.05) is 6.42 Å². The van der Waals surface area contributed by atoms with Gasteiger partial charge in [0.15, 0.2) is 0 Å². The lowest BCUT2D eigenvalue weighted by Crippen LogP contribution is -2.25. The van der Waals surface area contributed by atoms with Crippen molar-refractivity contribution in [3.63, 3.8) is 0 Å². The molecule has 1 fully saturated rings. The first-order valence-corrected chi connectivity index (χ1v) is 4.96.